The Labute approximate surface area is 104 Å². The van der Waals surface area contributed by atoms with E-state index in [-0.39, 0.29) is 0 Å². The van der Waals surface area contributed by atoms with E-state index in [0.717, 1.165) is 0 Å². The van der Waals surface area contributed by atoms with E-state index < -0.39 is 15.7 Å². The topological polar surface area (TPSA) is 71.1 Å². The van der Waals surface area contributed by atoms with Crippen LogP contribution in [0.5, 0.6) is 0 Å². The van der Waals surface area contributed by atoms with E-state index in [4.69, 9.17) is 0 Å². The summed E-state index contributed by atoms with van der Waals surface area (Å²) >= 11 is 3.21. The van der Waals surface area contributed by atoms with Gasteiger partial charge in [-0.15, -0.1) is 0 Å². The average Bonchev–Trinajstić information content (AvgIpc) is 2.04. The van der Waals surface area contributed by atoms with Gasteiger partial charge in [0.15, 0.2) is 0 Å². The minimum atomic E-state index is -3.57. The highest BCUT2D eigenvalue weighted by atomic mass is 79.9. The van der Waals surface area contributed by atoms with Gasteiger partial charge in [-0.1, -0.05) is 0 Å². The number of anilines is 1. The molecule has 0 bridgehead atoms. The molecule has 0 atom stereocenters. The summed E-state index contributed by atoms with van der Waals surface area (Å²) in [6.07, 6.45) is 3.04. The molecule has 1 aromatic heterocycles. The molecule has 0 aliphatic rings. The van der Waals surface area contributed by atoms with Crippen LogP contribution in [0.1, 0.15) is 20.8 Å². The molecular formula is C9H14BrN3O2S. The van der Waals surface area contributed by atoms with Crippen LogP contribution in [0.15, 0.2) is 22.9 Å². The van der Waals surface area contributed by atoms with Crippen molar-refractivity contribution in [3.8, 4) is 0 Å². The van der Waals surface area contributed by atoms with Gasteiger partial charge < -0.3 is 0 Å². The summed E-state index contributed by atoms with van der Waals surface area (Å²) in [5, 5.41) is 0. The molecule has 1 rings (SSSR count). The van der Waals surface area contributed by atoms with Crippen LogP contribution >= 0.6 is 15.9 Å². The molecule has 0 radical (unpaired) electrons. The van der Waals surface area contributed by atoms with Crippen LogP contribution in [0.25, 0.3) is 0 Å². The number of rotatable bonds is 3. The Bertz CT molecular complexity index is 468. The summed E-state index contributed by atoms with van der Waals surface area (Å²) in [5.74, 6) is 0. The van der Waals surface area contributed by atoms with Gasteiger partial charge in [0.05, 0.1) is 10.2 Å². The van der Waals surface area contributed by atoms with Gasteiger partial charge in [0, 0.05) is 17.9 Å². The Hall–Kier alpha value is -0.660. The summed E-state index contributed by atoms with van der Waals surface area (Å²) in [6.45, 7) is 5.31. The zero-order chi connectivity index (χ0) is 12.4. The monoisotopic (exact) mass is 307 g/mol. The Kier molecular flexibility index (Phi) is 3.92. The molecule has 0 saturated heterocycles. The molecular weight excluding hydrogens is 294 g/mol. The van der Waals surface area contributed by atoms with Crippen LogP contribution in [0, 0.1) is 0 Å². The van der Waals surface area contributed by atoms with Crippen molar-refractivity contribution < 1.29 is 8.42 Å². The molecule has 1 heterocycles. The van der Waals surface area contributed by atoms with Crippen molar-refractivity contribution in [3.63, 3.8) is 0 Å². The maximum atomic E-state index is 11.7. The SMILES string of the molecule is CC(C)(C)NS(=O)(=O)Nc1ccncc1Br. The smallest absolute Gasteiger partial charge is 0.270 e. The van der Waals surface area contributed by atoms with E-state index in [1.165, 1.54) is 12.4 Å². The average molecular weight is 308 g/mol. The molecule has 0 aliphatic carbocycles. The number of pyridine rings is 1. The third-order valence-electron chi connectivity index (χ3n) is 1.46. The highest BCUT2D eigenvalue weighted by Gasteiger charge is 2.20. The van der Waals surface area contributed by atoms with Crippen molar-refractivity contribution in [3.05, 3.63) is 22.9 Å². The van der Waals surface area contributed by atoms with Crippen LogP contribution in [0.4, 0.5) is 5.69 Å². The maximum Gasteiger partial charge on any atom is 0.299 e. The molecule has 7 heteroatoms. The lowest BCUT2D eigenvalue weighted by Gasteiger charge is -2.21. The molecule has 16 heavy (non-hydrogen) atoms. The van der Waals surface area contributed by atoms with Gasteiger partial charge in [0.25, 0.3) is 10.2 Å². The molecule has 1 aromatic rings. The Morgan fingerprint density at radius 3 is 2.50 bits per heavy atom. The quantitative estimate of drug-likeness (QED) is 0.896. The Morgan fingerprint density at radius 2 is 2.00 bits per heavy atom. The Morgan fingerprint density at radius 1 is 1.38 bits per heavy atom. The number of nitrogens with one attached hydrogen (secondary N) is 2. The standard InChI is InChI=1S/C9H14BrN3O2S/c1-9(2,3)13-16(14,15)12-8-4-5-11-6-7(8)10/h4-6,13H,1-3H3,(H,11,12). The second-order valence-electron chi connectivity index (χ2n) is 4.31. The molecule has 5 nitrogen and oxygen atoms in total. The summed E-state index contributed by atoms with van der Waals surface area (Å²) in [4.78, 5) is 3.85. The molecule has 0 spiro atoms. The largest absolute Gasteiger partial charge is 0.299 e. The third kappa shape index (κ3) is 4.46. The third-order valence-corrected chi connectivity index (χ3v) is 3.46. The van der Waals surface area contributed by atoms with E-state index in [9.17, 15) is 8.42 Å². The Balaban J connectivity index is 2.86. The first-order chi connectivity index (χ1) is 7.20. The minimum absolute atomic E-state index is 0.451. The molecule has 0 fully saturated rings. The van der Waals surface area contributed by atoms with Crippen LogP contribution < -0.4 is 9.44 Å². The van der Waals surface area contributed by atoms with E-state index in [1.807, 2.05) is 0 Å². The van der Waals surface area contributed by atoms with Gasteiger partial charge in [-0.05, 0) is 42.8 Å². The number of hydrogen-bond acceptors (Lipinski definition) is 3. The molecule has 0 unspecified atom stereocenters. The highest BCUT2D eigenvalue weighted by molar-refractivity contribution is 9.10. The van der Waals surface area contributed by atoms with Crippen molar-refractivity contribution in [2.75, 3.05) is 4.72 Å². The van der Waals surface area contributed by atoms with Gasteiger partial charge in [-0.25, -0.2) is 0 Å². The summed E-state index contributed by atoms with van der Waals surface area (Å²) in [6, 6.07) is 1.58. The molecule has 0 aliphatic heterocycles. The fourth-order valence-electron chi connectivity index (χ4n) is 1.03. The van der Waals surface area contributed by atoms with E-state index in [1.54, 1.807) is 26.8 Å². The van der Waals surface area contributed by atoms with Gasteiger partial charge >= 0.3 is 0 Å². The normalized spacial score (nSPS) is 12.5. The first-order valence-electron chi connectivity index (χ1n) is 4.61. The predicted molar refractivity (Wildman–Crippen MR) is 67.4 cm³/mol. The minimum Gasteiger partial charge on any atom is -0.270 e. The zero-order valence-electron chi connectivity index (χ0n) is 9.28. The second-order valence-corrected chi connectivity index (χ2v) is 6.58. The zero-order valence-corrected chi connectivity index (χ0v) is 11.7. The first-order valence-corrected chi connectivity index (χ1v) is 6.88. The van der Waals surface area contributed by atoms with Gasteiger partial charge in [0.2, 0.25) is 0 Å². The molecule has 2 N–H and O–H groups in total. The fourth-order valence-corrected chi connectivity index (χ4v) is 2.84. The van der Waals surface area contributed by atoms with Gasteiger partial charge in [-0.3, -0.25) is 9.71 Å². The van der Waals surface area contributed by atoms with Crippen molar-refractivity contribution >= 4 is 31.8 Å². The first kappa shape index (κ1) is 13.4. The lowest BCUT2D eigenvalue weighted by atomic mass is 10.1. The summed E-state index contributed by atoms with van der Waals surface area (Å²) < 4.78 is 28.9. The van der Waals surface area contributed by atoms with E-state index in [2.05, 4.69) is 30.4 Å². The lowest BCUT2D eigenvalue weighted by molar-refractivity contribution is 0.494. The van der Waals surface area contributed by atoms with E-state index >= 15 is 0 Å². The van der Waals surface area contributed by atoms with Crippen molar-refractivity contribution in [1.82, 2.24) is 9.71 Å². The van der Waals surface area contributed by atoms with Crippen LogP contribution in [0.3, 0.4) is 0 Å². The highest BCUT2D eigenvalue weighted by Crippen LogP contribution is 2.21. The van der Waals surface area contributed by atoms with Crippen molar-refractivity contribution in [1.29, 1.82) is 0 Å². The molecule has 0 saturated carbocycles. The summed E-state index contributed by atoms with van der Waals surface area (Å²) in [5.41, 5.74) is -0.0718. The van der Waals surface area contributed by atoms with Crippen molar-refractivity contribution in [2.45, 2.75) is 26.3 Å². The predicted octanol–water partition coefficient (Wildman–Crippen LogP) is 1.89. The maximum absolute atomic E-state index is 11.7. The molecule has 90 valence electrons. The second kappa shape index (κ2) is 4.68. The fraction of sp³-hybridized carbons (Fsp3) is 0.444. The van der Waals surface area contributed by atoms with Gasteiger partial charge in [-0.2, -0.15) is 13.1 Å². The number of aromatic nitrogens is 1. The van der Waals surface area contributed by atoms with Crippen LogP contribution in [-0.4, -0.2) is 18.9 Å². The number of halogens is 1. The summed E-state index contributed by atoms with van der Waals surface area (Å²) in [7, 11) is -3.57. The van der Waals surface area contributed by atoms with Crippen LogP contribution in [-0.2, 0) is 10.2 Å². The molecule has 0 aromatic carbocycles. The lowest BCUT2D eigenvalue weighted by Crippen LogP contribution is -2.43. The van der Waals surface area contributed by atoms with Gasteiger partial charge in [0.1, 0.15) is 0 Å². The van der Waals surface area contributed by atoms with Crippen LogP contribution in [0.2, 0.25) is 0 Å². The number of hydrogen-bond donors (Lipinski definition) is 2. The molecule has 0 amide bonds. The van der Waals surface area contributed by atoms with E-state index in [0.29, 0.717) is 10.2 Å². The number of nitrogens with zero attached hydrogens (tertiary/aromatic N) is 1. The van der Waals surface area contributed by atoms with Crippen molar-refractivity contribution in [2.24, 2.45) is 0 Å².